The van der Waals surface area contributed by atoms with E-state index in [1.54, 1.807) is 16.4 Å². The Morgan fingerprint density at radius 1 is 1.28 bits per heavy atom. The molecule has 0 aliphatic carbocycles. The van der Waals surface area contributed by atoms with E-state index in [9.17, 15) is 0 Å². The molecule has 0 amide bonds. The Morgan fingerprint density at radius 3 is 2.78 bits per heavy atom. The highest BCUT2D eigenvalue weighted by Gasteiger charge is 2.19. The number of halogens is 2. The maximum atomic E-state index is 5.88. The third kappa shape index (κ3) is 2.20. The van der Waals surface area contributed by atoms with Crippen LogP contribution < -0.4 is 0 Å². The largest absolute Gasteiger partial charge is 0.212 e. The lowest BCUT2D eigenvalue weighted by Gasteiger charge is -2.11. The predicted molar refractivity (Wildman–Crippen MR) is 77.8 cm³/mol. The molecule has 1 aromatic carbocycles. The second kappa shape index (κ2) is 5.03. The Bertz CT molecular complexity index is 608. The molecule has 18 heavy (non-hydrogen) atoms. The number of alkyl halides is 1. The first-order valence-corrected chi connectivity index (χ1v) is 7.73. The van der Waals surface area contributed by atoms with Crippen LogP contribution in [-0.2, 0) is 0 Å². The summed E-state index contributed by atoms with van der Waals surface area (Å²) < 4.78 is 1.79. The van der Waals surface area contributed by atoms with Gasteiger partial charge < -0.3 is 0 Å². The van der Waals surface area contributed by atoms with Crippen LogP contribution in [-0.4, -0.2) is 31.7 Å². The summed E-state index contributed by atoms with van der Waals surface area (Å²) in [6.07, 6.45) is 0. The number of fused-ring (bicyclic) bond motifs is 1. The van der Waals surface area contributed by atoms with Crippen molar-refractivity contribution in [3.8, 4) is 11.4 Å². The van der Waals surface area contributed by atoms with Crippen molar-refractivity contribution in [1.29, 1.82) is 0 Å². The van der Waals surface area contributed by atoms with Gasteiger partial charge in [-0.3, -0.25) is 0 Å². The van der Waals surface area contributed by atoms with Gasteiger partial charge in [-0.15, -0.1) is 10.2 Å². The first-order valence-electron chi connectivity index (χ1n) is 5.25. The van der Waals surface area contributed by atoms with Crippen LogP contribution in [0.15, 0.2) is 34.5 Å². The molecule has 0 unspecified atom stereocenters. The second-order valence-corrected chi connectivity index (χ2v) is 5.65. The molecule has 2 aromatic rings. The highest BCUT2D eigenvalue weighted by atomic mass is 79.9. The molecule has 0 fully saturated rings. The molecule has 0 bridgehead atoms. The molecule has 0 radical (unpaired) electrons. The van der Waals surface area contributed by atoms with Gasteiger partial charge in [0.1, 0.15) is 0 Å². The Kier molecular flexibility index (Phi) is 3.41. The van der Waals surface area contributed by atoms with E-state index in [1.165, 1.54) is 0 Å². The minimum atomic E-state index is 0.705. The summed E-state index contributed by atoms with van der Waals surface area (Å²) in [5.74, 6) is 1.59. The Hall–Kier alpha value is -0.850. The lowest BCUT2D eigenvalue weighted by atomic mass is 10.2. The van der Waals surface area contributed by atoms with E-state index in [1.807, 2.05) is 24.3 Å². The van der Waals surface area contributed by atoms with Crippen LogP contribution >= 0.6 is 39.3 Å². The van der Waals surface area contributed by atoms with Gasteiger partial charge in [0.05, 0.1) is 5.71 Å². The fourth-order valence-corrected chi connectivity index (χ4v) is 3.11. The summed E-state index contributed by atoms with van der Waals surface area (Å²) in [7, 11) is 0. The van der Waals surface area contributed by atoms with E-state index < -0.39 is 0 Å². The summed E-state index contributed by atoms with van der Waals surface area (Å²) >= 11 is 10.9. The lowest BCUT2D eigenvalue weighted by Crippen LogP contribution is -2.13. The van der Waals surface area contributed by atoms with E-state index in [4.69, 9.17) is 11.6 Å². The van der Waals surface area contributed by atoms with Gasteiger partial charge in [-0.05, 0) is 24.3 Å². The predicted octanol–water partition coefficient (Wildman–Crippen LogP) is 3.30. The van der Waals surface area contributed by atoms with Crippen molar-refractivity contribution in [3.63, 3.8) is 0 Å². The summed E-state index contributed by atoms with van der Waals surface area (Å²) in [6, 6.07) is 7.51. The van der Waals surface area contributed by atoms with Crippen LogP contribution in [0.1, 0.15) is 0 Å². The summed E-state index contributed by atoms with van der Waals surface area (Å²) in [5.41, 5.74) is 2.03. The van der Waals surface area contributed by atoms with Gasteiger partial charge in [-0.25, -0.2) is 0 Å². The van der Waals surface area contributed by atoms with E-state index in [0.29, 0.717) is 5.02 Å². The number of aromatic nitrogens is 3. The van der Waals surface area contributed by atoms with Gasteiger partial charge in [0, 0.05) is 21.7 Å². The summed E-state index contributed by atoms with van der Waals surface area (Å²) in [5, 5.41) is 15.2. The van der Waals surface area contributed by atoms with Crippen molar-refractivity contribution in [1.82, 2.24) is 14.9 Å². The molecule has 3 rings (SSSR count). The second-order valence-electron chi connectivity index (χ2n) is 3.71. The van der Waals surface area contributed by atoms with Crippen molar-refractivity contribution in [2.24, 2.45) is 5.10 Å². The Labute approximate surface area is 122 Å². The maximum absolute atomic E-state index is 5.88. The van der Waals surface area contributed by atoms with E-state index in [2.05, 4.69) is 31.2 Å². The molecule has 92 valence electrons. The maximum Gasteiger partial charge on any atom is 0.212 e. The monoisotopic (exact) mass is 342 g/mol. The van der Waals surface area contributed by atoms with Gasteiger partial charge in [-0.1, -0.05) is 39.3 Å². The fraction of sp³-hybridized carbons (Fsp3) is 0.182. The van der Waals surface area contributed by atoms with Crippen LogP contribution in [0.4, 0.5) is 0 Å². The zero-order valence-electron chi connectivity index (χ0n) is 9.18. The molecular formula is C11H8BrClN4S. The Morgan fingerprint density at radius 2 is 2.06 bits per heavy atom. The minimum Gasteiger partial charge on any atom is -0.187 e. The van der Waals surface area contributed by atoms with Crippen molar-refractivity contribution in [3.05, 3.63) is 29.3 Å². The van der Waals surface area contributed by atoms with Gasteiger partial charge in [-0.2, -0.15) is 9.78 Å². The fourth-order valence-electron chi connectivity index (χ4n) is 1.61. The topological polar surface area (TPSA) is 43.1 Å². The quantitative estimate of drug-likeness (QED) is 0.786. The first-order chi connectivity index (χ1) is 8.78. The highest BCUT2D eigenvalue weighted by Crippen LogP contribution is 2.27. The van der Waals surface area contributed by atoms with Crippen LogP contribution in [0.2, 0.25) is 5.02 Å². The van der Waals surface area contributed by atoms with Gasteiger partial charge in [0.25, 0.3) is 0 Å². The van der Waals surface area contributed by atoms with E-state index in [0.717, 1.165) is 33.3 Å². The molecule has 1 aliphatic heterocycles. The minimum absolute atomic E-state index is 0.705. The number of hydrogen-bond acceptors (Lipinski definition) is 4. The van der Waals surface area contributed by atoms with Crippen molar-refractivity contribution >= 4 is 45.0 Å². The first kappa shape index (κ1) is 12.2. The molecule has 0 N–H and O–H groups in total. The van der Waals surface area contributed by atoms with E-state index >= 15 is 0 Å². The zero-order chi connectivity index (χ0) is 12.5. The average molecular weight is 344 g/mol. The molecule has 0 spiro atoms. The highest BCUT2D eigenvalue weighted by molar-refractivity contribution is 9.09. The molecule has 2 heterocycles. The van der Waals surface area contributed by atoms with Crippen LogP contribution in [0, 0.1) is 0 Å². The molecular weight excluding hydrogens is 336 g/mol. The Balaban J connectivity index is 2.08. The van der Waals surface area contributed by atoms with Crippen molar-refractivity contribution in [2.75, 3.05) is 11.1 Å². The van der Waals surface area contributed by atoms with Gasteiger partial charge in [0.15, 0.2) is 5.82 Å². The number of nitrogens with zero attached hydrogens (tertiary/aromatic N) is 4. The van der Waals surface area contributed by atoms with E-state index in [-0.39, 0.29) is 0 Å². The number of rotatable bonds is 2. The molecule has 0 atom stereocenters. The van der Waals surface area contributed by atoms with Crippen LogP contribution in [0.25, 0.3) is 11.4 Å². The molecule has 1 aliphatic rings. The normalized spacial score (nSPS) is 14.2. The van der Waals surface area contributed by atoms with Crippen molar-refractivity contribution < 1.29 is 0 Å². The van der Waals surface area contributed by atoms with Gasteiger partial charge >= 0.3 is 0 Å². The number of thioether (sulfide) groups is 1. The molecule has 1 aromatic heterocycles. The number of benzene rings is 1. The molecule has 0 saturated carbocycles. The molecule has 0 saturated heterocycles. The molecule has 4 nitrogen and oxygen atoms in total. The SMILES string of the molecule is Clc1ccc(-c2nnc3n2N=C(CBr)CS3)cc1. The zero-order valence-corrected chi connectivity index (χ0v) is 12.3. The van der Waals surface area contributed by atoms with Gasteiger partial charge in [0.2, 0.25) is 5.16 Å². The third-order valence-electron chi connectivity index (χ3n) is 2.48. The van der Waals surface area contributed by atoms with Crippen LogP contribution in [0.3, 0.4) is 0 Å². The average Bonchev–Trinajstić information content (AvgIpc) is 2.82. The number of hydrogen-bond donors (Lipinski definition) is 0. The standard InChI is InChI=1S/C11H8BrClN4S/c12-5-9-6-18-11-15-14-10(17(11)16-9)7-1-3-8(13)4-2-7/h1-4H,5-6H2. The lowest BCUT2D eigenvalue weighted by molar-refractivity contribution is 0.761. The van der Waals surface area contributed by atoms with Crippen LogP contribution in [0.5, 0.6) is 0 Å². The third-order valence-corrected chi connectivity index (χ3v) is 4.37. The summed E-state index contributed by atoms with van der Waals surface area (Å²) in [6.45, 7) is 0. The summed E-state index contributed by atoms with van der Waals surface area (Å²) in [4.78, 5) is 0. The van der Waals surface area contributed by atoms with Crippen molar-refractivity contribution in [2.45, 2.75) is 5.16 Å². The molecule has 7 heteroatoms. The smallest absolute Gasteiger partial charge is 0.187 e.